The Hall–Kier alpha value is -2.89. The van der Waals surface area contributed by atoms with E-state index in [1.54, 1.807) is 0 Å². The Bertz CT molecular complexity index is 1180. The summed E-state index contributed by atoms with van der Waals surface area (Å²) in [6.45, 7) is 6.57. The van der Waals surface area contributed by atoms with Crippen LogP contribution in [-0.4, -0.2) is 37.2 Å². The van der Waals surface area contributed by atoms with Gasteiger partial charge in [-0.2, -0.15) is 0 Å². The molecule has 0 aliphatic heterocycles. The first kappa shape index (κ1) is 62.1. The first-order chi connectivity index (χ1) is 32.0. The molecule has 1 atom stereocenters. The fraction of sp³-hybridized carbons (Fsp3) is 0.780. The molecule has 0 spiro atoms. The zero-order valence-corrected chi connectivity index (χ0v) is 43.0. The number of carbonyl (C=O) groups is 3. The van der Waals surface area contributed by atoms with Crippen LogP contribution >= 0.6 is 0 Å². The van der Waals surface area contributed by atoms with Gasteiger partial charge in [0.1, 0.15) is 13.2 Å². The molecule has 376 valence electrons. The van der Waals surface area contributed by atoms with Gasteiger partial charge in [0.2, 0.25) is 0 Å². The van der Waals surface area contributed by atoms with Gasteiger partial charge in [-0.1, -0.05) is 229 Å². The molecule has 0 heterocycles. The number of esters is 3. The summed E-state index contributed by atoms with van der Waals surface area (Å²) < 4.78 is 16.8. The largest absolute Gasteiger partial charge is 0.462 e. The average Bonchev–Trinajstić information content (AvgIpc) is 3.30. The summed E-state index contributed by atoms with van der Waals surface area (Å²) in [6, 6.07) is 0. The number of hydrogen-bond donors (Lipinski definition) is 0. The van der Waals surface area contributed by atoms with E-state index >= 15 is 0 Å². The van der Waals surface area contributed by atoms with E-state index in [4.69, 9.17) is 14.2 Å². The molecular formula is C59H104O6. The smallest absolute Gasteiger partial charge is 0.306 e. The Kier molecular flexibility index (Phi) is 51.3. The molecule has 0 aliphatic rings. The number of carbonyl (C=O) groups excluding carboxylic acids is 3. The maximum Gasteiger partial charge on any atom is 0.306 e. The second-order valence-corrected chi connectivity index (χ2v) is 18.5. The van der Waals surface area contributed by atoms with Crippen molar-refractivity contribution in [3.8, 4) is 0 Å². The van der Waals surface area contributed by atoms with E-state index < -0.39 is 6.10 Å². The molecule has 6 heteroatoms. The lowest BCUT2D eigenvalue weighted by atomic mass is 10.0. The van der Waals surface area contributed by atoms with Gasteiger partial charge in [0.05, 0.1) is 0 Å². The van der Waals surface area contributed by atoms with Crippen LogP contribution in [0.3, 0.4) is 0 Å². The second kappa shape index (κ2) is 53.7. The van der Waals surface area contributed by atoms with Crippen molar-refractivity contribution >= 4 is 17.9 Å². The molecule has 0 unspecified atom stereocenters. The SMILES string of the molecule is CCCCC/C=C\C/C=C\C/C=C\CCCCCCC(=O)OC[C@@H](COC(=O)CCCCCCCCCCCCCCCCC)OC(=O)CCCCCCC/C=C\C/C=C\CCCCC. The molecule has 0 saturated heterocycles. The van der Waals surface area contributed by atoms with Gasteiger partial charge >= 0.3 is 17.9 Å². The molecule has 0 radical (unpaired) electrons. The van der Waals surface area contributed by atoms with Gasteiger partial charge < -0.3 is 14.2 Å². The average molecular weight is 909 g/mol. The van der Waals surface area contributed by atoms with Crippen molar-refractivity contribution < 1.29 is 28.6 Å². The summed E-state index contributed by atoms with van der Waals surface area (Å²) in [5.74, 6) is -0.912. The van der Waals surface area contributed by atoms with Crippen molar-refractivity contribution in [3.63, 3.8) is 0 Å². The molecule has 0 aromatic carbocycles. The zero-order valence-electron chi connectivity index (χ0n) is 43.0. The third-order valence-corrected chi connectivity index (χ3v) is 12.0. The van der Waals surface area contributed by atoms with Gasteiger partial charge in [-0.15, -0.1) is 0 Å². The van der Waals surface area contributed by atoms with E-state index in [1.165, 1.54) is 128 Å². The van der Waals surface area contributed by atoms with E-state index in [0.717, 1.165) is 109 Å². The molecule has 0 N–H and O–H groups in total. The van der Waals surface area contributed by atoms with Crippen molar-refractivity contribution in [1.29, 1.82) is 0 Å². The topological polar surface area (TPSA) is 78.9 Å². The van der Waals surface area contributed by atoms with Crippen molar-refractivity contribution in [1.82, 2.24) is 0 Å². The molecule has 6 nitrogen and oxygen atoms in total. The van der Waals surface area contributed by atoms with Crippen LogP contribution in [0.15, 0.2) is 60.8 Å². The number of allylic oxidation sites excluding steroid dienone is 10. The second-order valence-electron chi connectivity index (χ2n) is 18.5. The monoisotopic (exact) mass is 909 g/mol. The number of hydrogen-bond acceptors (Lipinski definition) is 6. The Morgan fingerprint density at radius 2 is 0.554 bits per heavy atom. The van der Waals surface area contributed by atoms with E-state index in [9.17, 15) is 14.4 Å². The summed E-state index contributed by atoms with van der Waals surface area (Å²) in [7, 11) is 0. The van der Waals surface area contributed by atoms with Crippen molar-refractivity contribution in [3.05, 3.63) is 60.8 Å². The van der Waals surface area contributed by atoms with Gasteiger partial charge in [-0.25, -0.2) is 0 Å². The highest BCUT2D eigenvalue weighted by Crippen LogP contribution is 2.15. The lowest BCUT2D eigenvalue weighted by molar-refractivity contribution is -0.167. The van der Waals surface area contributed by atoms with Crippen molar-refractivity contribution in [2.45, 2.75) is 284 Å². The molecule has 0 bridgehead atoms. The van der Waals surface area contributed by atoms with Crippen LogP contribution in [0.4, 0.5) is 0 Å². The lowest BCUT2D eigenvalue weighted by Gasteiger charge is -2.18. The van der Waals surface area contributed by atoms with Gasteiger partial charge in [0.15, 0.2) is 6.10 Å². The molecule has 0 rings (SSSR count). The van der Waals surface area contributed by atoms with Crippen LogP contribution in [0.1, 0.15) is 278 Å². The van der Waals surface area contributed by atoms with Gasteiger partial charge in [-0.05, 0) is 89.9 Å². The fourth-order valence-corrected chi connectivity index (χ4v) is 7.77. The van der Waals surface area contributed by atoms with Crippen LogP contribution < -0.4 is 0 Å². The summed E-state index contributed by atoms with van der Waals surface area (Å²) >= 11 is 0. The Morgan fingerprint density at radius 3 is 0.892 bits per heavy atom. The van der Waals surface area contributed by atoms with Crippen LogP contribution in [0.2, 0.25) is 0 Å². The third-order valence-electron chi connectivity index (χ3n) is 12.0. The minimum absolute atomic E-state index is 0.0851. The van der Waals surface area contributed by atoms with Crippen LogP contribution in [-0.2, 0) is 28.6 Å². The minimum Gasteiger partial charge on any atom is -0.462 e. The Balaban J connectivity index is 4.43. The highest BCUT2D eigenvalue weighted by atomic mass is 16.6. The number of ether oxygens (including phenoxy) is 3. The van der Waals surface area contributed by atoms with Crippen molar-refractivity contribution in [2.75, 3.05) is 13.2 Å². The highest BCUT2D eigenvalue weighted by molar-refractivity contribution is 5.71. The first-order valence-electron chi connectivity index (χ1n) is 27.8. The summed E-state index contributed by atoms with van der Waals surface area (Å²) in [6.07, 6.45) is 66.3. The molecule has 0 aromatic heterocycles. The van der Waals surface area contributed by atoms with Crippen molar-refractivity contribution in [2.24, 2.45) is 0 Å². The summed E-state index contributed by atoms with van der Waals surface area (Å²) in [5.41, 5.74) is 0. The van der Waals surface area contributed by atoms with Crippen LogP contribution in [0.5, 0.6) is 0 Å². The standard InChI is InChI=1S/C59H104O6/c1-4-7-10-13-16-19-22-25-28-29-32-34-37-40-43-46-49-52-58(61)64-55-56(65-59(62)53-50-47-44-41-38-35-31-27-24-21-18-15-12-9-6-3)54-63-57(60)51-48-45-42-39-36-33-30-26-23-20-17-14-11-8-5-2/h16,18-19,21,25,27-28,31-32,34,56H,4-15,17,20,22-24,26,29-30,33,35-55H2,1-3H3/b19-16-,21-18-,28-25-,31-27-,34-32-/t56-/m1/s1. The van der Waals surface area contributed by atoms with E-state index in [2.05, 4.69) is 81.5 Å². The zero-order chi connectivity index (χ0) is 47.2. The van der Waals surface area contributed by atoms with E-state index in [-0.39, 0.29) is 31.1 Å². The molecule has 0 saturated carbocycles. The summed E-state index contributed by atoms with van der Waals surface area (Å²) in [5, 5.41) is 0. The predicted molar refractivity (Wildman–Crippen MR) is 279 cm³/mol. The van der Waals surface area contributed by atoms with Gasteiger partial charge in [-0.3, -0.25) is 14.4 Å². The van der Waals surface area contributed by atoms with Crippen LogP contribution in [0, 0.1) is 0 Å². The number of rotatable bonds is 50. The quantitative estimate of drug-likeness (QED) is 0.0262. The summed E-state index contributed by atoms with van der Waals surface area (Å²) in [4.78, 5) is 38.1. The minimum atomic E-state index is -0.789. The third kappa shape index (κ3) is 51.9. The molecular weight excluding hydrogens is 805 g/mol. The Labute approximate surface area is 402 Å². The Morgan fingerprint density at radius 1 is 0.308 bits per heavy atom. The fourth-order valence-electron chi connectivity index (χ4n) is 7.77. The molecule has 0 amide bonds. The molecule has 65 heavy (non-hydrogen) atoms. The van der Waals surface area contributed by atoms with E-state index in [1.807, 2.05) is 0 Å². The molecule has 0 fully saturated rings. The van der Waals surface area contributed by atoms with Gasteiger partial charge in [0, 0.05) is 19.3 Å². The highest BCUT2D eigenvalue weighted by Gasteiger charge is 2.19. The predicted octanol–water partition coefficient (Wildman–Crippen LogP) is 18.4. The lowest BCUT2D eigenvalue weighted by Crippen LogP contribution is -2.30. The maximum absolute atomic E-state index is 12.8. The first-order valence-corrected chi connectivity index (χ1v) is 27.8. The molecule has 0 aliphatic carbocycles. The molecule has 0 aromatic rings. The van der Waals surface area contributed by atoms with Gasteiger partial charge in [0.25, 0.3) is 0 Å². The normalized spacial score (nSPS) is 12.5. The van der Waals surface area contributed by atoms with Crippen LogP contribution in [0.25, 0.3) is 0 Å². The maximum atomic E-state index is 12.8. The van der Waals surface area contributed by atoms with E-state index in [0.29, 0.717) is 19.3 Å². The number of unbranched alkanes of at least 4 members (excludes halogenated alkanes) is 29.